The van der Waals surface area contributed by atoms with E-state index in [2.05, 4.69) is 10.0 Å². The zero-order valence-corrected chi connectivity index (χ0v) is 15.1. The van der Waals surface area contributed by atoms with Crippen molar-refractivity contribution in [2.45, 2.75) is 31.2 Å². The van der Waals surface area contributed by atoms with Gasteiger partial charge in [0.05, 0.1) is 9.82 Å². The van der Waals surface area contributed by atoms with Crippen LogP contribution < -0.4 is 10.0 Å². The lowest BCUT2D eigenvalue weighted by Crippen LogP contribution is -2.31. The molecule has 0 saturated heterocycles. The maximum atomic E-state index is 12.2. The van der Waals surface area contributed by atoms with Gasteiger partial charge in [-0.15, -0.1) is 0 Å². The van der Waals surface area contributed by atoms with E-state index in [0.717, 1.165) is 0 Å². The van der Waals surface area contributed by atoms with Crippen LogP contribution in [0.2, 0.25) is 0 Å². The van der Waals surface area contributed by atoms with Crippen molar-refractivity contribution in [3.63, 3.8) is 0 Å². The molecule has 1 atom stereocenters. The van der Waals surface area contributed by atoms with E-state index in [0.29, 0.717) is 12.1 Å². The van der Waals surface area contributed by atoms with Gasteiger partial charge in [0.2, 0.25) is 10.0 Å². The monoisotopic (exact) mass is 377 g/mol. The fourth-order valence-corrected chi connectivity index (χ4v) is 3.42. The molecular formula is C17H19N3O5S. The molecule has 8 nitrogen and oxygen atoms in total. The number of nitro groups is 1. The molecular weight excluding hydrogens is 358 g/mol. The van der Waals surface area contributed by atoms with Crippen molar-refractivity contribution >= 4 is 27.3 Å². The number of benzene rings is 2. The second-order valence-electron chi connectivity index (χ2n) is 5.72. The summed E-state index contributed by atoms with van der Waals surface area (Å²) in [6, 6.07) is 10.8. The van der Waals surface area contributed by atoms with Crippen molar-refractivity contribution in [2.75, 3.05) is 5.32 Å². The van der Waals surface area contributed by atoms with Crippen molar-refractivity contribution < 1.29 is 18.1 Å². The van der Waals surface area contributed by atoms with Crippen LogP contribution in [0.3, 0.4) is 0 Å². The molecule has 0 spiro atoms. The molecule has 1 unspecified atom stereocenters. The fraction of sp³-hybridized carbons (Fsp3) is 0.235. The van der Waals surface area contributed by atoms with Gasteiger partial charge < -0.3 is 5.32 Å². The largest absolute Gasteiger partial charge is 0.322 e. The van der Waals surface area contributed by atoms with Crippen molar-refractivity contribution in [3.8, 4) is 0 Å². The molecule has 26 heavy (non-hydrogen) atoms. The first-order valence-electron chi connectivity index (χ1n) is 7.91. The highest BCUT2D eigenvalue weighted by Gasteiger charge is 2.17. The first-order valence-corrected chi connectivity index (χ1v) is 9.39. The molecule has 0 aliphatic heterocycles. The number of nitrogens with one attached hydrogen (secondary N) is 2. The first kappa shape index (κ1) is 19.5. The highest BCUT2D eigenvalue weighted by atomic mass is 32.2. The molecule has 0 aromatic heterocycles. The van der Waals surface area contributed by atoms with Crippen LogP contribution in [-0.2, 0) is 10.0 Å². The molecule has 0 heterocycles. The molecule has 9 heteroatoms. The number of sulfonamides is 1. The number of rotatable bonds is 7. The van der Waals surface area contributed by atoms with Crippen LogP contribution in [0.5, 0.6) is 0 Å². The molecule has 2 aromatic rings. The van der Waals surface area contributed by atoms with Gasteiger partial charge in [-0.25, -0.2) is 13.1 Å². The van der Waals surface area contributed by atoms with E-state index >= 15 is 0 Å². The number of carbonyl (C=O) groups excluding carboxylic acids is 1. The Morgan fingerprint density at radius 3 is 2.42 bits per heavy atom. The van der Waals surface area contributed by atoms with E-state index < -0.39 is 20.9 Å². The highest BCUT2D eigenvalue weighted by molar-refractivity contribution is 7.89. The van der Waals surface area contributed by atoms with E-state index in [9.17, 15) is 23.3 Å². The second-order valence-corrected chi connectivity index (χ2v) is 7.43. The molecule has 2 rings (SSSR count). The third kappa shape index (κ3) is 4.87. The Balaban J connectivity index is 2.13. The minimum absolute atomic E-state index is 0.0890. The molecule has 0 radical (unpaired) electrons. The lowest BCUT2D eigenvalue weighted by atomic mass is 10.2. The Morgan fingerprint density at radius 2 is 1.85 bits per heavy atom. The number of nitro benzene ring substituents is 1. The number of hydrogen-bond acceptors (Lipinski definition) is 5. The minimum atomic E-state index is -3.62. The van der Waals surface area contributed by atoms with Gasteiger partial charge in [-0.2, -0.15) is 0 Å². The lowest BCUT2D eigenvalue weighted by molar-refractivity contribution is -0.384. The molecule has 2 N–H and O–H groups in total. The summed E-state index contributed by atoms with van der Waals surface area (Å²) in [4.78, 5) is 22.5. The average Bonchev–Trinajstić information content (AvgIpc) is 2.61. The predicted molar refractivity (Wildman–Crippen MR) is 97.6 cm³/mol. The zero-order chi connectivity index (χ0) is 19.3. The topological polar surface area (TPSA) is 118 Å². The number of amides is 1. The summed E-state index contributed by atoms with van der Waals surface area (Å²) >= 11 is 0. The highest BCUT2D eigenvalue weighted by Crippen LogP contribution is 2.17. The molecule has 0 aliphatic rings. The number of non-ortho nitro benzene ring substituents is 1. The maximum Gasteiger partial charge on any atom is 0.270 e. The quantitative estimate of drug-likeness (QED) is 0.568. The van der Waals surface area contributed by atoms with Crippen LogP contribution in [0.15, 0.2) is 53.4 Å². The molecule has 0 saturated carbocycles. The van der Waals surface area contributed by atoms with E-state index in [1.54, 1.807) is 6.92 Å². The van der Waals surface area contributed by atoms with Crippen LogP contribution >= 0.6 is 0 Å². The molecule has 1 amide bonds. The summed E-state index contributed by atoms with van der Waals surface area (Å²) in [6.45, 7) is 3.64. The van der Waals surface area contributed by atoms with Crippen LogP contribution in [0.25, 0.3) is 0 Å². The van der Waals surface area contributed by atoms with Crippen LogP contribution in [0.1, 0.15) is 30.6 Å². The number of hydrogen-bond donors (Lipinski definition) is 2. The average molecular weight is 377 g/mol. The number of carbonyl (C=O) groups is 1. The van der Waals surface area contributed by atoms with Gasteiger partial charge >= 0.3 is 0 Å². The predicted octanol–water partition coefficient (Wildman–Crippen LogP) is 2.92. The third-order valence-corrected chi connectivity index (χ3v) is 5.32. The van der Waals surface area contributed by atoms with Gasteiger partial charge in [0.25, 0.3) is 11.6 Å². The van der Waals surface area contributed by atoms with Gasteiger partial charge in [0.15, 0.2) is 0 Å². The SMILES string of the molecule is CCC(C)NS(=O)(=O)c1ccc(NC(=O)c2cccc([N+](=O)[O-])c2)cc1. The lowest BCUT2D eigenvalue weighted by Gasteiger charge is -2.12. The first-order chi connectivity index (χ1) is 12.2. The van der Waals surface area contributed by atoms with Gasteiger partial charge in [-0.3, -0.25) is 14.9 Å². The van der Waals surface area contributed by atoms with E-state index in [4.69, 9.17) is 0 Å². The molecule has 2 aromatic carbocycles. The van der Waals surface area contributed by atoms with E-state index in [1.807, 2.05) is 6.92 Å². The Labute approximate surface area is 151 Å². The van der Waals surface area contributed by atoms with E-state index in [1.165, 1.54) is 48.5 Å². The molecule has 0 aliphatic carbocycles. The van der Waals surface area contributed by atoms with Gasteiger partial charge in [0.1, 0.15) is 0 Å². The maximum absolute atomic E-state index is 12.2. The minimum Gasteiger partial charge on any atom is -0.322 e. The number of nitrogens with zero attached hydrogens (tertiary/aromatic N) is 1. The summed E-state index contributed by atoms with van der Waals surface area (Å²) in [5.41, 5.74) is 0.327. The van der Waals surface area contributed by atoms with Gasteiger partial charge in [0, 0.05) is 29.4 Å². The van der Waals surface area contributed by atoms with Crippen LogP contribution in [0.4, 0.5) is 11.4 Å². The van der Waals surface area contributed by atoms with Gasteiger partial charge in [-0.05, 0) is 43.7 Å². The summed E-state index contributed by atoms with van der Waals surface area (Å²) in [6.07, 6.45) is 0.663. The summed E-state index contributed by atoms with van der Waals surface area (Å²) < 4.78 is 26.9. The standard InChI is InChI=1S/C17H19N3O5S/c1-3-12(2)19-26(24,25)16-9-7-14(8-10-16)18-17(21)13-5-4-6-15(11-13)20(22)23/h4-12,19H,3H2,1-2H3,(H,18,21). The summed E-state index contributed by atoms with van der Waals surface area (Å²) in [5.74, 6) is -0.526. The van der Waals surface area contributed by atoms with Crippen molar-refractivity contribution in [1.82, 2.24) is 4.72 Å². The van der Waals surface area contributed by atoms with Crippen LogP contribution in [0, 0.1) is 10.1 Å². The van der Waals surface area contributed by atoms with E-state index in [-0.39, 0.29) is 22.2 Å². The molecule has 0 bridgehead atoms. The smallest absolute Gasteiger partial charge is 0.270 e. The van der Waals surface area contributed by atoms with Crippen LogP contribution in [-0.4, -0.2) is 25.3 Å². The number of anilines is 1. The molecule has 0 fully saturated rings. The summed E-state index contributed by atoms with van der Waals surface area (Å²) in [7, 11) is -3.62. The van der Waals surface area contributed by atoms with Crippen molar-refractivity contribution in [3.05, 3.63) is 64.2 Å². The Hall–Kier alpha value is -2.78. The van der Waals surface area contributed by atoms with Gasteiger partial charge in [-0.1, -0.05) is 13.0 Å². The van der Waals surface area contributed by atoms with Crippen molar-refractivity contribution in [2.24, 2.45) is 0 Å². The van der Waals surface area contributed by atoms with Crippen molar-refractivity contribution in [1.29, 1.82) is 0 Å². The Kier molecular flexibility index (Phi) is 6.06. The molecule has 138 valence electrons. The normalized spacial score (nSPS) is 12.4. The fourth-order valence-electron chi connectivity index (χ4n) is 2.10. The summed E-state index contributed by atoms with van der Waals surface area (Å²) in [5, 5.41) is 13.4. The second kappa shape index (κ2) is 8.07. The Morgan fingerprint density at radius 1 is 1.19 bits per heavy atom. The zero-order valence-electron chi connectivity index (χ0n) is 14.3. The third-order valence-electron chi connectivity index (χ3n) is 3.71. The Bertz CT molecular complexity index is 910.